The Kier molecular flexibility index (Phi) is 4.60. The molecule has 1 N–H and O–H groups in total. The smallest absolute Gasteiger partial charge is 0.307 e. The molecular weight excluding hydrogens is 280 g/mol. The standard InChI is InChI=1S/C17H14N2O3/c1-22-16-4-2-11(3-5-16)12-6-13(15(9-18)10-19)8-14(7-12)17(20)21/h2-6,14H,7-8H2,1H3,(H,20,21). The maximum absolute atomic E-state index is 11.3. The summed E-state index contributed by atoms with van der Waals surface area (Å²) in [5, 5.41) is 27.3. The SMILES string of the molecule is COc1ccc(C2=CC(=C(C#N)C#N)CC(C(=O)O)C2)cc1. The van der Waals surface area contributed by atoms with E-state index in [2.05, 4.69) is 0 Å². The van der Waals surface area contributed by atoms with E-state index in [0.717, 1.165) is 11.1 Å². The van der Waals surface area contributed by atoms with E-state index in [0.29, 0.717) is 17.7 Å². The van der Waals surface area contributed by atoms with E-state index in [4.69, 9.17) is 15.3 Å². The molecule has 0 aromatic heterocycles. The van der Waals surface area contributed by atoms with Crippen molar-refractivity contribution in [3.8, 4) is 17.9 Å². The number of methoxy groups -OCH3 is 1. The van der Waals surface area contributed by atoms with Crippen molar-refractivity contribution in [2.75, 3.05) is 7.11 Å². The number of carbonyl (C=O) groups is 1. The van der Waals surface area contributed by atoms with Gasteiger partial charge in [0, 0.05) is 0 Å². The number of nitrogens with zero attached hydrogens (tertiary/aromatic N) is 2. The van der Waals surface area contributed by atoms with Crippen LogP contribution in [-0.2, 0) is 4.79 Å². The summed E-state index contributed by atoms with van der Waals surface area (Å²) < 4.78 is 5.10. The molecule has 5 heteroatoms. The highest BCUT2D eigenvalue weighted by atomic mass is 16.5. The molecule has 2 rings (SSSR count). The van der Waals surface area contributed by atoms with Gasteiger partial charge in [-0.25, -0.2) is 0 Å². The van der Waals surface area contributed by atoms with E-state index >= 15 is 0 Å². The van der Waals surface area contributed by atoms with Crippen LogP contribution in [0.3, 0.4) is 0 Å². The molecule has 0 heterocycles. The van der Waals surface area contributed by atoms with Gasteiger partial charge in [-0.05, 0) is 41.7 Å². The number of aliphatic carboxylic acids is 1. The van der Waals surface area contributed by atoms with Crippen LogP contribution in [0.2, 0.25) is 0 Å². The number of nitriles is 2. The van der Waals surface area contributed by atoms with Crippen LogP contribution >= 0.6 is 0 Å². The molecule has 1 aromatic carbocycles. The van der Waals surface area contributed by atoms with Crippen LogP contribution in [0.1, 0.15) is 18.4 Å². The van der Waals surface area contributed by atoms with Crippen LogP contribution in [0, 0.1) is 28.6 Å². The summed E-state index contributed by atoms with van der Waals surface area (Å²) in [6.07, 6.45) is 2.32. The molecule has 1 unspecified atom stereocenters. The monoisotopic (exact) mass is 294 g/mol. The van der Waals surface area contributed by atoms with E-state index in [1.807, 2.05) is 24.3 Å². The second-order valence-corrected chi connectivity index (χ2v) is 4.97. The Balaban J connectivity index is 2.47. The zero-order chi connectivity index (χ0) is 16.1. The summed E-state index contributed by atoms with van der Waals surface area (Å²) in [5.74, 6) is -0.846. The molecule has 1 aromatic rings. The topological polar surface area (TPSA) is 94.1 Å². The first-order valence-electron chi connectivity index (χ1n) is 6.70. The molecule has 0 radical (unpaired) electrons. The minimum absolute atomic E-state index is 0.0306. The fourth-order valence-electron chi connectivity index (χ4n) is 2.45. The largest absolute Gasteiger partial charge is 0.497 e. The van der Waals surface area contributed by atoms with Gasteiger partial charge in [0.05, 0.1) is 13.0 Å². The van der Waals surface area contributed by atoms with Gasteiger partial charge in [0.1, 0.15) is 23.5 Å². The summed E-state index contributed by atoms with van der Waals surface area (Å²) in [4.78, 5) is 11.3. The van der Waals surface area contributed by atoms with Gasteiger partial charge in [-0.15, -0.1) is 0 Å². The Morgan fingerprint density at radius 1 is 1.23 bits per heavy atom. The highest BCUT2D eigenvalue weighted by Crippen LogP contribution is 2.35. The van der Waals surface area contributed by atoms with Gasteiger partial charge in [-0.2, -0.15) is 10.5 Å². The molecule has 0 amide bonds. The molecule has 0 saturated heterocycles. The predicted octanol–water partition coefficient (Wildman–Crippen LogP) is 2.92. The van der Waals surface area contributed by atoms with Gasteiger partial charge in [0.2, 0.25) is 0 Å². The highest BCUT2D eigenvalue weighted by molar-refractivity contribution is 5.79. The van der Waals surface area contributed by atoms with Crippen molar-refractivity contribution < 1.29 is 14.6 Å². The molecule has 0 saturated carbocycles. The number of carboxylic acid groups (broad SMARTS) is 1. The van der Waals surface area contributed by atoms with Crippen molar-refractivity contribution in [1.29, 1.82) is 10.5 Å². The van der Waals surface area contributed by atoms with E-state index in [1.165, 1.54) is 0 Å². The van der Waals surface area contributed by atoms with E-state index in [9.17, 15) is 9.90 Å². The first-order chi connectivity index (χ1) is 10.6. The summed E-state index contributed by atoms with van der Waals surface area (Å²) in [6.45, 7) is 0. The maximum Gasteiger partial charge on any atom is 0.307 e. The Morgan fingerprint density at radius 2 is 1.86 bits per heavy atom. The highest BCUT2D eigenvalue weighted by Gasteiger charge is 2.26. The lowest BCUT2D eigenvalue weighted by Gasteiger charge is -2.22. The predicted molar refractivity (Wildman–Crippen MR) is 79.6 cm³/mol. The quantitative estimate of drug-likeness (QED) is 0.865. The Morgan fingerprint density at radius 3 is 2.36 bits per heavy atom. The number of ether oxygens (including phenoxy) is 1. The molecule has 22 heavy (non-hydrogen) atoms. The Bertz CT molecular complexity index is 715. The normalized spacial score (nSPS) is 17.0. The second-order valence-electron chi connectivity index (χ2n) is 4.97. The average Bonchev–Trinajstić information content (AvgIpc) is 2.56. The maximum atomic E-state index is 11.3. The van der Waals surface area contributed by atoms with Gasteiger partial charge in [-0.3, -0.25) is 4.79 Å². The number of benzene rings is 1. The number of hydrogen-bond donors (Lipinski definition) is 1. The van der Waals surface area contributed by atoms with Crippen LogP contribution in [0.25, 0.3) is 5.57 Å². The Hall–Kier alpha value is -3.05. The first kappa shape index (κ1) is 15.3. The molecule has 0 fully saturated rings. The van der Waals surface area contributed by atoms with Crippen LogP contribution in [0.15, 0.2) is 41.5 Å². The molecule has 5 nitrogen and oxygen atoms in total. The van der Waals surface area contributed by atoms with E-state index in [1.54, 1.807) is 25.3 Å². The van der Waals surface area contributed by atoms with Crippen molar-refractivity contribution in [1.82, 2.24) is 0 Å². The first-order valence-corrected chi connectivity index (χ1v) is 6.70. The fraction of sp³-hybridized carbons (Fsp3) is 0.235. The molecule has 1 aliphatic carbocycles. The fourth-order valence-corrected chi connectivity index (χ4v) is 2.45. The second kappa shape index (κ2) is 6.60. The minimum Gasteiger partial charge on any atom is -0.497 e. The van der Waals surface area contributed by atoms with Crippen molar-refractivity contribution in [2.24, 2.45) is 5.92 Å². The third kappa shape index (κ3) is 3.16. The zero-order valence-corrected chi connectivity index (χ0v) is 12.0. The van der Waals surface area contributed by atoms with Crippen LogP contribution < -0.4 is 4.74 Å². The van der Waals surface area contributed by atoms with Crippen molar-refractivity contribution in [3.05, 3.63) is 47.1 Å². The molecule has 0 aliphatic heterocycles. The summed E-state index contributed by atoms with van der Waals surface area (Å²) >= 11 is 0. The molecular formula is C17H14N2O3. The molecule has 0 bridgehead atoms. The number of carboxylic acids is 1. The number of hydrogen-bond acceptors (Lipinski definition) is 4. The Labute approximate surface area is 128 Å². The third-order valence-electron chi connectivity index (χ3n) is 3.64. The molecule has 110 valence electrons. The van der Waals surface area contributed by atoms with Gasteiger partial charge < -0.3 is 9.84 Å². The lowest BCUT2D eigenvalue weighted by molar-refractivity contribution is -0.141. The molecule has 0 spiro atoms. The third-order valence-corrected chi connectivity index (χ3v) is 3.64. The van der Waals surface area contributed by atoms with Crippen molar-refractivity contribution in [3.63, 3.8) is 0 Å². The van der Waals surface area contributed by atoms with E-state index < -0.39 is 11.9 Å². The number of rotatable bonds is 3. The summed E-state index contributed by atoms with van der Waals surface area (Å²) in [7, 11) is 1.57. The minimum atomic E-state index is -0.924. The number of allylic oxidation sites excluding steroid dienone is 4. The lowest BCUT2D eigenvalue weighted by Crippen LogP contribution is -2.18. The molecule has 1 aliphatic rings. The van der Waals surface area contributed by atoms with Crippen LogP contribution in [-0.4, -0.2) is 18.2 Å². The van der Waals surface area contributed by atoms with Crippen LogP contribution in [0.4, 0.5) is 0 Å². The van der Waals surface area contributed by atoms with Gasteiger partial charge in [-0.1, -0.05) is 18.2 Å². The van der Waals surface area contributed by atoms with Crippen molar-refractivity contribution in [2.45, 2.75) is 12.8 Å². The summed E-state index contributed by atoms with van der Waals surface area (Å²) in [5.41, 5.74) is 2.12. The van der Waals surface area contributed by atoms with Crippen LogP contribution in [0.5, 0.6) is 5.75 Å². The van der Waals surface area contributed by atoms with Gasteiger partial charge in [0.25, 0.3) is 0 Å². The average molecular weight is 294 g/mol. The molecule has 1 atom stereocenters. The summed E-state index contributed by atoms with van der Waals surface area (Å²) in [6, 6.07) is 10.9. The lowest BCUT2D eigenvalue weighted by atomic mass is 9.81. The van der Waals surface area contributed by atoms with E-state index in [-0.39, 0.29) is 12.0 Å². The van der Waals surface area contributed by atoms with Gasteiger partial charge in [0.15, 0.2) is 0 Å². The van der Waals surface area contributed by atoms with Crippen molar-refractivity contribution >= 4 is 11.5 Å². The zero-order valence-electron chi connectivity index (χ0n) is 12.0. The van der Waals surface area contributed by atoms with Gasteiger partial charge >= 0.3 is 5.97 Å².